The van der Waals surface area contributed by atoms with Gasteiger partial charge in [-0.1, -0.05) is 11.6 Å². The second-order valence-electron chi connectivity index (χ2n) is 10.5. The second-order valence-corrected chi connectivity index (χ2v) is 12.6. The number of ether oxygens (including phenoxy) is 1. The molecule has 2 N–H and O–H groups in total. The summed E-state index contributed by atoms with van der Waals surface area (Å²) in [5.41, 5.74) is -0.233. The highest BCUT2D eigenvalue weighted by Crippen LogP contribution is 2.55. The number of hydrogen-bond donors (Lipinski definition) is 2. The van der Waals surface area contributed by atoms with Gasteiger partial charge in [0.15, 0.2) is 6.10 Å². The summed E-state index contributed by atoms with van der Waals surface area (Å²) < 4.78 is 46.4. The number of amides is 1. The molecule has 0 aromatic heterocycles. The fourth-order valence-corrected chi connectivity index (χ4v) is 7.74. The van der Waals surface area contributed by atoms with Gasteiger partial charge in [0, 0.05) is 11.2 Å². The minimum Gasteiger partial charge on any atom is -0.449 e. The third-order valence-corrected chi connectivity index (χ3v) is 9.35. The highest BCUT2D eigenvalue weighted by molar-refractivity contribution is 7.92. The maximum absolute atomic E-state index is 13.1. The van der Waals surface area contributed by atoms with Gasteiger partial charge in [-0.05, 0) is 106 Å². The Morgan fingerprint density at radius 2 is 1.61 bits per heavy atom. The summed E-state index contributed by atoms with van der Waals surface area (Å²) in [6, 6.07) is 8.42. The Balaban J connectivity index is 1.26. The first kappa shape index (κ1) is 25.0. The molecule has 4 aliphatic carbocycles. The van der Waals surface area contributed by atoms with Crippen molar-refractivity contribution in [1.29, 1.82) is 0 Å². The number of halogens is 2. The molecule has 192 valence electrons. The molecule has 2 aromatic carbocycles. The molecule has 1 amide bonds. The lowest BCUT2D eigenvalue weighted by atomic mass is 9.53. The van der Waals surface area contributed by atoms with Gasteiger partial charge in [0.25, 0.3) is 15.9 Å². The van der Waals surface area contributed by atoms with Crippen molar-refractivity contribution in [2.45, 2.75) is 62.0 Å². The smallest absolute Gasteiger partial charge is 0.340 e. The zero-order valence-corrected chi connectivity index (χ0v) is 21.4. The highest BCUT2D eigenvalue weighted by Gasteiger charge is 2.51. The molecule has 2 aromatic rings. The number of carbonyl (C=O) groups excluding carboxylic acids is 2. The lowest BCUT2D eigenvalue weighted by molar-refractivity contribution is -0.134. The van der Waals surface area contributed by atoms with E-state index in [1.165, 1.54) is 50.5 Å². The van der Waals surface area contributed by atoms with E-state index in [2.05, 4.69) is 10.0 Å². The summed E-state index contributed by atoms with van der Waals surface area (Å²) in [5, 5.41) is 3.18. The average Bonchev–Trinajstić information content (AvgIpc) is 2.79. The standard InChI is InChI=1S/C26H28ClFN2O5S/c1-15(24(31)29-26-12-16-8-17(13-26)10-18(9-16)14-26)35-25(32)22-11-21(6-7-23(22)27)36(33,34)30-20-4-2-19(28)3-5-20/h2-7,11,15-18,30H,8-10,12-14H2,1H3,(H,29,31)/t15-,16?,17?,18?,26?/m1/s1. The van der Waals surface area contributed by atoms with Crippen molar-refractivity contribution in [2.75, 3.05) is 4.72 Å². The van der Waals surface area contributed by atoms with Gasteiger partial charge < -0.3 is 10.1 Å². The predicted molar refractivity (Wildman–Crippen MR) is 133 cm³/mol. The maximum Gasteiger partial charge on any atom is 0.340 e. The molecule has 0 unspecified atom stereocenters. The van der Waals surface area contributed by atoms with Crippen LogP contribution >= 0.6 is 11.6 Å². The Hall–Kier alpha value is -2.65. The molecular weight excluding hydrogens is 507 g/mol. The van der Waals surface area contributed by atoms with Crippen LogP contribution in [0.4, 0.5) is 10.1 Å². The molecule has 10 heteroatoms. The van der Waals surface area contributed by atoms with Crippen LogP contribution in [-0.4, -0.2) is 31.9 Å². The number of benzene rings is 2. The SMILES string of the molecule is C[C@@H](OC(=O)c1cc(S(=O)(=O)Nc2ccc(F)cc2)ccc1Cl)C(=O)NC12CC3CC(CC(C3)C1)C2. The quantitative estimate of drug-likeness (QED) is 0.491. The molecule has 6 rings (SSSR count). The molecule has 4 bridgehead atoms. The molecule has 0 saturated heterocycles. The van der Waals surface area contributed by atoms with Crippen LogP contribution in [0.3, 0.4) is 0 Å². The Morgan fingerprint density at radius 3 is 2.19 bits per heavy atom. The molecule has 36 heavy (non-hydrogen) atoms. The fraction of sp³-hybridized carbons (Fsp3) is 0.462. The number of esters is 1. The molecule has 1 atom stereocenters. The van der Waals surface area contributed by atoms with Crippen molar-refractivity contribution >= 4 is 39.2 Å². The van der Waals surface area contributed by atoms with E-state index in [1.54, 1.807) is 0 Å². The van der Waals surface area contributed by atoms with Crippen molar-refractivity contribution < 1.29 is 27.1 Å². The first-order valence-corrected chi connectivity index (χ1v) is 14.0. The minimum absolute atomic E-state index is 0.00516. The second kappa shape index (κ2) is 9.34. The van der Waals surface area contributed by atoms with E-state index in [1.807, 2.05) is 0 Å². The highest BCUT2D eigenvalue weighted by atomic mass is 35.5. The van der Waals surface area contributed by atoms with Crippen molar-refractivity contribution in [3.8, 4) is 0 Å². The van der Waals surface area contributed by atoms with Crippen molar-refractivity contribution in [3.05, 3.63) is 58.9 Å². The third kappa shape index (κ3) is 5.09. The first-order valence-electron chi connectivity index (χ1n) is 12.1. The van der Waals surface area contributed by atoms with Gasteiger partial charge in [-0.15, -0.1) is 0 Å². The van der Waals surface area contributed by atoms with E-state index >= 15 is 0 Å². The number of rotatable bonds is 7. The summed E-state index contributed by atoms with van der Waals surface area (Å²) in [6.07, 6.45) is 5.57. The van der Waals surface area contributed by atoms with Crippen LogP contribution in [-0.2, 0) is 19.6 Å². The lowest BCUT2D eigenvalue weighted by Crippen LogP contribution is -2.61. The Morgan fingerprint density at radius 1 is 1.03 bits per heavy atom. The Kier molecular flexibility index (Phi) is 6.49. The van der Waals surface area contributed by atoms with Crippen molar-refractivity contribution in [3.63, 3.8) is 0 Å². The first-order chi connectivity index (χ1) is 17.0. The van der Waals surface area contributed by atoms with E-state index < -0.39 is 27.9 Å². The maximum atomic E-state index is 13.1. The summed E-state index contributed by atoms with van der Waals surface area (Å²) in [6.45, 7) is 1.50. The lowest BCUT2D eigenvalue weighted by Gasteiger charge is -2.57. The van der Waals surface area contributed by atoms with E-state index in [-0.39, 0.29) is 32.6 Å². The van der Waals surface area contributed by atoms with Gasteiger partial charge in [0.2, 0.25) is 0 Å². The molecule has 4 saturated carbocycles. The number of sulfonamides is 1. The van der Waals surface area contributed by atoms with E-state index in [0.29, 0.717) is 17.8 Å². The summed E-state index contributed by atoms with van der Waals surface area (Å²) in [5.74, 6) is 0.204. The van der Waals surface area contributed by atoms with Crippen molar-refractivity contribution in [2.24, 2.45) is 17.8 Å². The molecule has 0 aliphatic heterocycles. The van der Waals surface area contributed by atoms with E-state index in [0.717, 1.165) is 37.5 Å². The van der Waals surface area contributed by atoms with E-state index in [9.17, 15) is 22.4 Å². The monoisotopic (exact) mass is 534 g/mol. The van der Waals surface area contributed by atoms with Crippen molar-refractivity contribution in [1.82, 2.24) is 5.32 Å². The van der Waals surface area contributed by atoms with Crippen LogP contribution in [0, 0.1) is 23.6 Å². The summed E-state index contributed by atoms with van der Waals surface area (Å²) in [4.78, 5) is 25.6. The van der Waals surface area contributed by atoms with Gasteiger partial charge >= 0.3 is 5.97 Å². The van der Waals surface area contributed by atoms with Crippen LogP contribution < -0.4 is 10.0 Å². The van der Waals surface area contributed by atoms with E-state index in [4.69, 9.17) is 16.3 Å². The molecular formula is C26H28ClFN2O5S. The summed E-state index contributed by atoms with van der Waals surface area (Å²) in [7, 11) is -4.09. The molecule has 0 spiro atoms. The largest absolute Gasteiger partial charge is 0.449 e. The topological polar surface area (TPSA) is 102 Å². The Bertz CT molecular complexity index is 1260. The van der Waals surface area contributed by atoms with Gasteiger partial charge in [-0.3, -0.25) is 9.52 Å². The fourth-order valence-electron chi connectivity index (χ4n) is 6.46. The zero-order chi connectivity index (χ0) is 25.7. The normalized spacial score (nSPS) is 27.4. The number of nitrogens with one attached hydrogen (secondary N) is 2. The van der Waals surface area contributed by atoms with Gasteiger partial charge in [0.1, 0.15) is 5.82 Å². The van der Waals surface area contributed by atoms with Crippen LogP contribution in [0.15, 0.2) is 47.4 Å². The van der Waals surface area contributed by atoms with Crippen LogP contribution in [0.2, 0.25) is 5.02 Å². The zero-order valence-electron chi connectivity index (χ0n) is 19.8. The Labute approximate surface area is 214 Å². The number of anilines is 1. The van der Waals surface area contributed by atoms with Gasteiger partial charge in [-0.25, -0.2) is 17.6 Å². The van der Waals surface area contributed by atoms with Crippen LogP contribution in [0.1, 0.15) is 55.8 Å². The number of hydrogen-bond acceptors (Lipinski definition) is 5. The minimum atomic E-state index is -4.09. The third-order valence-electron chi connectivity index (χ3n) is 7.64. The van der Waals surface area contributed by atoms with Crippen LogP contribution in [0.25, 0.3) is 0 Å². The molecule has 4 aliphatic rings. The summed E-state index contributed by atoms with van der Waals surface area (Å²) >= 11 is 6.17. The van der Waals surface area contributed by atoms with Gasteiger partial charge in [-0.2, -0.15) is 0 Å². The molecule has 7 nitrogen and oxygen atoms in total. The van der Waals surface area contributed by atoms with Gasteiger partial charge in [0.05, 0.1) is 15.5 Å². The average molecular weight is 535 g/mol. The molecule has 0 heterocycles. The predicted octanol–water partition coefficient (Wildman–Crippen LogP) is 4.91. The van der Waals surface area contributed by atoms with Crippen LogP contribution in [0.5, 0.6) is 0 Å². The number of carbonyl (C=O) groups is 2. The molecule has 0 radical (unpaired) electrons. The molecule has 4 fully saturated rings.